The molecule has 1 aromatic carbocycles. The zero-order valence-electron chi connectivity index (χ0n) is 13.0. The summed E-state index contributed by atoms with van der Waals surface area (Å²) in [7, 11) is 1.63. The summed E-state index contributed by atoms with van der Waals surface area (Å²) < 4.78 is 10.2. The van der Waals surface area contributed by atoms with Crippen molar-refractivity contribution in [2.75, 3.05) is 38.8 Å². The van der Waals surface area contributed by atoms with Crippen LogP contribution in [0.15, 0.2) is 24.3 Å². The SMILES string of the molecule is COCCOCC(O)CNc1ccccc1C(C)(C)C. The Kier molecular flexibility index (Phi) is 6.99. The highest BCUT2D eigenvalue weighted by Gasteiger charge is 2.17. The summed E-state index contributed by atoms with van der Waals surface area (Å²) in [5.74, 6) is 0. The van der Waals surface area contributed by atoms with Gasteiger partial charge in [-0.05, 0) is 17.0 Å². The van der Waals surface area contributed by atoms with Crippen molar-refractivity contribution < 1.29 is 14.6 Å². The van der Waals surface area contributed by atoms with E-state index in [0.29, 0.717) is 26.4 Å². The van der Waals surface area contributed by atoms with Crippen molar-refractivity contribution in [1.82, 2.24) is 0 Å². The highest BCUT2D eigenvalue weighted by Crippen LogP contribution is 2.29. The van der Waals surface area contributed by atoms with Crippen molar-refractivity contribution in [1.29, 1.82) is 0 Å². The fourth-order valence-electron chi connectivity index (χ4n) is 1.94. The summed E-state index contributed by atoms with van der Waals surface area (Å²) in [5.41, 5.74) is 2.38. The van der Waals surface area contributed by atoms with Gasteiger partial charge < -0.3 is 19.9 Å². The van der Waals surface area contributed by atoms with Crippen LogP contribution in [0, 0.1) is 0 Å². The molecule has 20 heavy (non-hydrogen) atoms. The molecule has 0 radical (unpaired) electrons. The first kappa shape index (κ1) is 17.0. The zero-order valence-corrected chi connectivity index (χ0v) is 13.0. The van der Waals surface area contributed by atoms with Gasteiger partial charge in [-0.3, -0.25) is 0 Å². The van der Waals surface area contributed by atoms with Crippen LogP contribution in [0.3, 0.4) is 0 Å². The standard InChI is InChI=1S/C16H27NO3/c1-16(2,3)14-7-5-6-8-15(14)17-11-13(18)12-20-10-9-19-4/h5-8,13,17-18H,9-12H2,1-4H3. The first-order valence-electron chi connectivity index (χ1n) is 7.03. The monoisotopic (exact) mass is 281 g/mol. The molecule has 0 heterocycles. The van der Waals surface area contributed by atoms with E-state index in [0.717, 1.165) is 5.69 Å². The molecule has 0 aromatic heterocycles. The van der Waals surface area contributed by atoms with Crippen molar-refractivity contribution >= 4 is 5.69 Å². The lowest BCUT2D eigenvalue weighted by atomic mass is 9.86. The molecular weight excluding hydrogens is 254 g/mol. The topological polar surface area (TPSA) is 50.7 Å². The number of aliphatic hydroxyl groups is 1. The Labute approximate surface area is 122 Å². The van der Waals surface area contributed by atoms with Gasteiger partial charge in [0.15, 0.2) is 0 Å². The summed E-state index contributed by atoms with van der Waals surface area (Å²) in [5, 5.41) is 13.2. The number of rotatable bonds is 8. The third kappa shape index (κ3) is 5.90. The highest BCUT2D eigenvalue weighted by atomic mass is 16.5. The minimum Gasteiger partial charge on any atom is -0.389 e. The van der Waals surface area contributed by atoms with E-state index in [1.54, 1.807) is 7.11 Å². The first-order valence-corrected chi connectivity index (χ1v) is 7.03. The molecule has 0 spiro atoms. The van der Waals surface area contributed by atoms with Gasteiger partial charge in [0.25, 0.3) is 0 Å². The fraction of sp³-hybridized carbons (Fsp3) is 0.625. The first-order chi connectivity index (χ1) is 9.45. The van der Waals surface area contributed by atoms with Crippen LogP contribution in [0.1, 0.15) is 26.3 Å². The Bertz CT molecular complexity index is 388. The molecule has 0 saturated heterocycles. The van der Waals surface area contributed by atoms with Gasteiger partial charge in [-0.1, -0.05) is 39.0 Å². The normalized spacial score (nSPS) is 13.2. The van der Waals surface area contributed by atoms with E-state index in [1.807, 2.05) is 18.2 Å². The van der Waals surface area contributed by atoms with Crippen LogP contribution in [-0.2, 0) is 14.9 Å². The van der Waals surface area contributed by atoms with Crippen molar-refractivity contribution in [2.24, 2.45) is 0 Å². The second-order valence-electron chi connectivity index (χ2n) is 5.90. The van der Waals surface area contributed by atoms with Gasteiger partial charge in [-0.25, -0.2) is 0 Å². The molecule has 1 aromatic rings. The van der Waals surface area contributed by atoms with E-state index in [4.69, 9.17) is 9.47 Å². The lowest BCUT2D eigenvalue weighted by molar-refractivity contribution is 0.0182. The molecular formula is C16H27NO3. The van der Waals surface area contributed by atoms with Crippen LogP contribution in [0.2, 0.25) is 0 Å². The molecule has 0 saturated carbocycles. The largest absolute Gasteiger partial charge is 0.389 e. The Balaban J connectivity index is 2.45. The molecule has 0 aliphatic rings. The van der Waals surface area contributed by atoms with Crippen molar-refractivity contribution in [3.8, 4) is 0 Å². The molecule has 4 heteroatoms. The molecule has 1 rings (SSSR count). The predicted molar refractivity (Wildman–Crippen MR) is 82.3 cm³/mol. The molecule has 1 atom stereocenters. The van der Waals surface area contributed by atoms with Gasteiger partial charge in [-0.15, -0.1) is 0 Å². The third-order valence-electron chi connectivity index (χ3n) is 3.01. The van der Waals surface area contributed by atoms with E-state index >= 15 is 0 Å². The lowest BCUT2D eigenvalue weighted by Gasteiger charge is -2.24. The van der Waals surface area contributed by atoms with Crippen molar-refractivity contribution in [3.05, 3.63) is 29.8 Å². The van der Waals surface area contributed by atoms with Gasteiger partial charge in [0.05, 0.1) is 25.9 Å². The average molecular weight is 281 g/mol. The number of hydrogen-bond donors (Lipinski definition) is 2. The molecule has 0 bridgehead atoms. The smallest absolute Gasteiger partial charge is 0.0945 e. The molecule has 0 amide bonds. The molecule has 2 N–H and O–H groups in total. The number of hydrogen-bond acceptors (Lipinski definition) is 4. The summed E-state index contributed by atoms with van der Waals surface area (Å²) in [6.07, 6.45) is -0.528. The van der Waals surface area contributed by atoms with Gasteiger partial charge in [0.1, 0.15) is 0 Å². The Hall–Kier alpha value is -1.10. The quantitative estimate of drug-likeness (QED) is 0.719. The van der Waals surface area contributed by atoms with E-state index < -0.39 is 6.10 Å². The van der Waals surface area contributed by atoms with Gasteiger partial charge in [0, 0.05) is 19.3 Å². The summed E-state index contributed by atoms with van der Waals surface area (Å²) in [6, 6.07) is 8.19. The van der Waals surface area contributed by atoms with E-state index in [9.17, 15) is 5.11 Å². The molecule has 4 nitrogen and oxygen atoms in total. The molecule has 0 fully saturated rings. The fourth-order valence-corrected chi connectivity index (χ4v) is 1.94. The lowest BCUT2D eigenvalue weighted by Crippen LogP contribution is -2.26. The molecule has 114 valence electrons. The van der Waals surface area contributed by atoms with E-state index in [2.05, 4.69) is 32.2 Å². The number of anilines is 1. The highest BCUT2D eigenvalue weighted by molar-refractivity contribution is 5.54. The molecule has 0 aliphatic carbocycles. The van der Waals surface area contributed by atoms with Gasteiger partial charge in [0.2, 0.25) is 0 Å². The minimum atomic E-state index is -0.528. The average Bonchev–Trinajstić information content (AvgIpc) is 2.40. The molecule has 0 aliphatic heterocycles. The maximum absolute atomic E-state index is 9.88. The molecule has 1 unspecified atom stereocenters. The van der Waals surface area contributed by atoms with Crippen LogP contribution in [0.4, 0.5) is 5.69 Å². The maximum Gasteiger partial charge on any atom is 0.0945 e. The van der Waals surface area contributed by atoms with E-state index in [-0.39, 0.29) is 5.41 Å². The van der Waals surface area contributed by atoms with Gasteiger partial charge >= 0.3 is 0 Å². The Morgan fingerprint density at radius 1 is 1.20 bits per heavy atom. The number of aliphatic hydroxyl groups excluding tert-OH is 1. The summed E-state index contributed by atoms with van der Waals surface area (Å²) >= 11 is 0. The third-order valence-corrected chi connectivity index (χ3v) is 3.01. The zero-order chi connectivity index (χ0) is 15.0. The minimum absolute atomic E-state index is 0.0729. The van der Waals surface area contributed by atoms with E-state index in [1.165, 1.54) is 5.56 Å². The maximum atomic E-state index is 9.88. The number of nitrogens with one attached hydrogen (secondary N) is 1. The van der Waals surface area contributed by atoms with Crippen molar-refractivity contribution in [3.63, 3.8) is 0 Å². The van der Waals surface area contributed by atoms with Crippen LogP contribution < -0.4 is 5.32 Å². The second-order valence-corrected chi connectivity index (χ2v) is 5.90. The number of benzene rings is 1. The number of methoxy groups -OCH3 is 1. The van der Waals surface area contributed by atoms with Crippen LogP contribution >= 0.6 is 0 Å². The van der Waals surface area contributed by atoms with Crippen LogP contribution in [-0.4, -0.2) is 44.7 Å². The number of para-hydroxylation sites is 1. The van der Waals surface area contributed by atoms with Crippen LogP contribution in [0.5, 0.6) is 0 Å². The van der Waals surface area contributed by atoms with Crippen molar-refractivity contribution in [2.45, 2.75) is 32.3 Å². The van der Waals surface area contributed by atoms with Gasteiger partial charge in [-0.2, -0.15) is 0 Å². The predicted octanol–water partition coefficient (Wildman–Crippen LogP) is 2.42. The second kappa shape index (κ2) is 8.25. The number of ether oxygens (including phenoxy) is 2. The van der Waals surface area contributed by atoms with Crippen LogP contribution in [0.25, 0.3) is 0 Å². The summed E-state index contributed by atoms with van der Waals surface area (Å²) in [4.78, 5) is 0. The summed E-state index contributed by atoms with van der Waals surface area (Å²) in [6.45, 7) is 8.38. The Morgan fingerprint density at radius 3 is 2.55 bits per heavy atom. The Morgan fingerprint density at radius 2 is 1.90 bits per heavy atom.